The van der Waals surface area contributed by atoms with E-state index in [2.05, 4.69) is 0 Å². The van der Waals surface area contributed by atoms with E-state index in [1.165, 1.54) is 11.1 Å². The van der Waals surface area contributed by atoms with Gasteiger partial charge in [0, 0.05) is 30.3 Å². The minimum atomic E-state index is -0.193. The van der Waals surface area contributed by atoms with Crippen LogP contribution in [-0.2, 0) is 0 Å². The van der Waals surface area contributed by atoms with Crippen LogP contribution in [0.3, 0.4) is 0 Å². The molecule has 1 N–H and O–H groups in total. The van der Waals surface area contributed by atoms with Gasteiger partial charge in [-0.3, -0.25) is 19.3 Å². The van der Waals surface area contributed by atoms with Crippen molar-refractivity contribution in [2.24, 2.45) is 0 Å². The quantitative estimate of drug-likeness (QED) is 0.295. The highest BCUT2D eigenvalue weighted by Crippen LogP contribution is 2.21. The summed E-state index contributed by atoms with van der Waals surface area (Å²) in [6.45, 7) is 8.20. The van der Waals surface area contributed by atoms with E-state index in [0.29, 0.717) is 35.2 Å². The van der Waals surface area contributed by atoms with Crippen LogP contribution >= 0.6 is 0 Å². The van der Waals surface area contributed by atoms with Gasteiger partial charge in [0.25, 0.3) is 11.8 Å². The lowest BCUT2D eigenvalue weighted by Gasteiger charge is -2.09. The molecule has 0 aromatic heterocycles. The van der Waals surface area contributed by atoms with Gasteiger partial charge in [0.05, 0.1) is 11.1 Å². The SMILES string of the molecule is CC.CC/C=C\CN1C(=O)c2ccccc2C1=O.CCC(=O)c1ccccc1C=N. The first kappa shape index (κ1) is 24.7. The largest absolute Gasteiger partial charge is 0.308 e. The zero-order chi connectivity index (χ0) is 22.5. The summed E-state index contributed by atoms with van der Waals surface area (Å²) in [5.74, 6) is -0.295. The second kappa shape index (κ2) is 13.0. The highest BCUT2D eigenvalue weighted by Gasteiger charge is 2.33. The molecule has 30 heavy (non-hydrogen) atoms. The van der Waals surface area contributed by atoms with Gasteiger partial charge in [-0.25, -0.2) is 0 Å². The molecule has 1 aliphatic heterocycles. The molecule has 2 aromatic rings. The molecular weight excluding hydrogens is 376 g/mol. The molecule has 2 amide bonds. The smallest absolute Gasteiger partial charge is 0.261 e. The number of benzene rings is 2. The fourth-order valence-electron chi connectivity index (χ4n) is 2.82. The Labute approximate surface area is 178 Å². The molecular formula is C25H30N2O3. The summed E-state index contributed by atoms with van der Waals surface area (Å²) < 4.78 is 0. The number of carbonyl (C=O) groups is 3. The monoisotopic (exact) mass is 406 g/mol. The van der Waals surface area contributed by atoms with Crippen LogP contribution in [0.1, 0.15) is 77.2 Å². The van der Waals surface area contributed by atoms with Crippen molar-refractivity contribution in [3.63, 3.8) is 0 Å². The van der Waals surface area contributed by atoms with E-state index in [1.807, 2.05) is 52.0 Å². The Balaban J connectivity index is 0.000000287. The predicted octanol–water partition coefficient (Wildman–Crippen LogP) is 5.55. The van der Waals surface area contributed by atoms with Gasteiger partial charge in [-0.1, -0.05) is 76.2 Å². The fourth-order valence-corrected chi connectivity index (χ4v) is 2.82. The average molecular weight is 407 g/mol. The zero-order valence-electron chi connectivity index (χ0n) is 18.1. The van der Waals surface area contributed by atoms with Crippen molar-refractivity contribution in [1.29, 1.82) is 5.41 Å². The van der Waals surface area contributed by atoms with Gasteiger partial charge < -0.3 is 5.41 Å². The molecule has 0 fully saturated rings. The molecule has 5 nitrogen and oxygen atoms in total. The van der Waals surface area contributed by atoms with Crippen molar-refractivity contribution >= 4 is 23.8 Å². The normalized spacial score (nSPS) is 11.9. The third-order valence-electron chi connectivity index (χ3n) is 4.31. The topological polar surface area (TPSA) is 78.3 Å². The minimum absolute atomic E-state index is 0.0918. The van der Waals surface area contributed by atoms with Gasteiger partial charge in [0.2, 0.25) is 0 Å². The summed E-state index contributed by atoms with van der Waals surface area (Å²) >= 11 is 0. The van der Waals surface area contributed by atoms with Crippen LogP contribution in [0.5, 0.6) is 0 Å². The van der Waals surface area contributed by atoms with E-state index < -0.39 is 0 Å². The molecule has 0 bridgehead atoms. The number of nitrogens with zero attached hydrogens (tertiary/aromatic N) is 1. The first-order valence-electron chi connectivity index (χ1n) is 10.3. The van der Waals surface area contributed by atoms with Crippen LogP contribution in [0.15, 0.2) is 60.7 Å². The Kier molecular flexibility index (Phi) is 10.7. The van der Waals surface area contributed by atoms with Crippen molar-refractivity contribution < 1.29 is 14.4 Å². The molecule has 158 valence electrons. The zero-order valence-corrected chi connectivity index (χ0v) is 18.1. The molecule has 1 aliphatic rings. The third-order valence-corrected chi connectivity index (χ3v) is 4.31. The molecule has 5 heteroatoms. The van der Waals surface area contributed by atoms with E-state index in [9.17, 15) is 14.4 Å². The number of carbonyl (C=O) groups excluding carboxylic acids is 3. The van der Waals surface area contributed by atoms with Crippen LogP contribution < -0.4 is 0 Å². The van der Waals surface area contributed by atoms with Crippen molar-refractivity contribution in [3.05, 3.63) is 82.9 Å². The van der Waals surface area contributed by atoms with Crippen LogP contribution in [0.2, 0.25) is 0 Å². The van der Waals surface area contributed by atoms with E-state index >= 15 is 0 Å². The standard InChI is InChI=1S/C13H13NO2.C10H11NO.C2H6/c1-2-3-6-9-14-12(15)10-7-4-5-8-11(10)13(14)16;1-2-10(12)9-6-4-3-5-8(9)7-11;1-2/h3-8H,2,9H2,1H3;3-7,11H,2H2,1H3;1-2H3/b6-3-;;. The Morgan fingerprint density at radius 1 is 0.900 bits per heavy atom. The number of fused-ring (bicyclic) bond motifs is 1. The highest BCUT2D eigenvalue weighted by atomic mass is 16.2. The molecule has 3 rings (SSSR count). The predicted molar refractivity (Wildman–Crippen MR) is 122 cm³/mol. The molecule has 0 saturated heterocycles. The number of hydrogen-bond donors (Lipinski definition) is 1. The number of Topliss-reactive ketones (excluding diaryl/α,β-unsaturated/α-hetero) is 1. The van der Waals surface area contributed by atoms with Crippen LogP contribution in [-0.4, -0.2) is 35.3 Å². The number of rotatable bonds is 6. The van der Waals surface area contributed by atoms with Crippen molar-refractivity contribution in [1.82, 2.24) is 4.90 Å². The number of allylic oxidation sites excluding steroid dienone is 1. The molecule has 0 unspecified atom stereocenters. The summed E-state index contributed by atoms with van der Waals surface area (Å²) in [5.41, 5.74) is 2.37. The first-order chi connectivity index (χ1) is 14.5. The third kappa shape index (κ3) is 6.08. The maximum absolute atomic E-state index is 11.9. The van der Waals surface area contributed by atoms with Crippen molar-refractivity contribution in [2.45, 2.75) is 40.5 Å². The summed E-state index contributed by atoms with van der Waals surface area (Å²) in [4.78, 5) is 36.3. The summed E-state index contributed by atoms with van der Waals surface area (Å²) in [6, 6.07) is 14.1. The molecule has 2 aromatic carbocycles. The lowest BCUT2D eigenvalue weighted by molar-refractivity contribution is 0.0671. The lowest BCUT2D eigenvalue weighted by atomic mass is 10.0. The van der Waals surface area contributed by atoms with Crippen molar-refractivity contribution in [2.75, 3.05) is 6.54 Å². The Morgan fingerprint density at radius 3 is 1.93 bits per heavy atom. The number of imide groups is 1. The number of ketones is 1. The first-order valence-corrected chi connectivity index (χ1v) is 10.3. The molecule has 0 saturated carbocycles. The van der Waals surface area contributed by atoms with Gasteiger partial charge >= 0.3 is 0 Å². The molecule has 0 radical (unpaired) electrons. The summed E-state index contributed by atoms with van der Waals surface area (Å²) in [5, 5.41) is 7.08. The summed E-state index contributed by atoms with van der Waals surface area (Å²) in [7, 11) is 0. The molecule has 0 aliphatic carbocycles. The van der Waals surface area contributed by atoms with Gasteiger partial charge in [-0.15, -0.1) is 0 Å². The van der Waals surface area contributed by atoms with Crippen LogP contribution in [0.4, 0.5) is 0 Å². The second-order valence-electron chi connectivity index (χ2n) is 6.15. The number of amides is 2. The van der Waals surface area contributed by atoms with Gasteiger partial charge in [-0.05, 0) is 18.6 Å². The lowest BCUT2D eigenvalue weighted by Crippen LogP contribution is -2.29. The van der Waals surface area contributed by atoms with Gasteiger partial charge in [0.15, 0.2) is 5.78 Å². The van der Waals surface area contributed by atoms with Crippen LogP contribution in [0, 0.1) is 5.41 Å². The molecule has 0 spiro atoms. The van der Waals surface area contributed by atoms with E-state index in [4.69, 9.17) is 5.41 Å². The molecule has 0 atom stereocenters. The maximum atomic E-state index is 11.9. The van der Waals surface area contributed by atoms with Gasteiger partial charge in [0.1, 0.15) is 0 Å². The number of hydrogen-bond acceptors (Lipinski definition) is 4. The Hall–Kier alpha value is -3.34. The Morgan fingerprint density at radius 2 is 1.43 bits per heavy atom. The van der Waals surface area contributed by atoms with E-state index in [-0.39, 0.29) is 17.6 Å². The van der Waals surface area contributed by atoms with E-state index in [1.54, 1.807) is 36.4 Å². The van der Waals surface area contributed by atoms with Gasteiger partial charge in [-0.2, -0.15) is 0 Å². The van der Waals surface area contributed by atoms with Crippen molar-refractivity contribution in [3.8, 4) is 0 Å². The minimum Gasteiger partial charge on any atom is -0.308 e. The Bertz CT molecular complexity index is 881. The van der Waals surface area contributed by atoms with E-state index in [0.717, 1.165) is 6.42 Å². The van der Waals surface area contributed by atoms with Crippen LogP contribution in [0.25, 0.3) is 0 Å². The fraction of sp³-hybridized carbons (Fsp3) is 0.280. The average Bonchev–Trinajstić information content (AvgIpc) is 3.05. The second-order valence-corrected chi connectivity index (χ2v) is 6.15. The maximum Gasteiger partial charge on any atom is 0.261 e. The number of nitrogens with one attached hydrogen (secondary N) is 1. The highest BCUT2D eigenvalue weighted by molar-refractivity contribution is 6.21. The summed E-state index contributed by atoms with van der Waals surface area (Å²) in [6.07, 6.45) is 6.40. The molecule has 1 heterocycles.